The van der Waals surface area contributed by atoms with Gasteiger partial charge in [-0.2, -0.15) is 0 Å². The molecular weight excluding hydrogens is 148 g/mol. The van der Waals surface area contributed by atoms with Crippen molar-refractivity contribution in [2.24, 2.45) is 5.92 Å². The average Bonchev–Trinajstić information content (AvgIpc) is 2.84. The predicted molar refractivity (Wildman–Crippen MR) is 48.0 cm³/mol. The first-order chi connectivity index (χ1) is 5.79. The zero-order valence-electron chi connectivity index (χ0n) is 7.16. The van der Waals surface area contributed by atoms with Crippen molar-refractivity contribution in [1.29, 1.82) is 0 Å². The van der Waals surface area contributed by atoms with Crippen molar-refractivity contribution >= 4 is 5.78 Å². The van der Waals surface area contributed by atoms with E-state index in [2.05, 4.69) is 12.1 Å². The Labute approximate surface area is 72.4 Å². The van der Waals surface area contributed by atoms with Crippen molar-refractivity contribution in [2.45, 2.75) is 19.3 Å². The van der Waals surface area contributed by atoms with Crippen LogP contribution >= 0.6 is 0 Å². The molecule has 2 rings (SSSR count). The molecule has 1 saturated carbocycles. The van der Waals surface area contributed by atoms with Gasteiger partial charge < -0.3 is 0 Å². The Morgan fingerprint density at radius 2 is 2.00 bits per heavy atom. The largest absolute Gasteiger partial charge is 0.300 e. The molecule has 1 heteroatoms. The molecule has 1 aliphatic carbocycles. The Kier molecular flexibility index (Phi) is 1.72. The molecule has 0 aliphatic heterocycles. The molecule has 1 aromatic rings. The minimum atomic E-state index is 0.312. The summed E-state index contributed by atoms with van der Waals surface area (Å²) in [6.45, 7) is 1.69. The lowest BCUT2D eigenvalue weighted by atomic mass is 10.1. The van der Waals surface area contributed by atoms with Crippen LogP contribution in [0.3, 0.4) is 0 Å². The molecule has 0 aromatic heterocycles. The summed E-state index contributed by atoms with van der Waals surface area (Å²) >= 11 is 0. The molecule has 1 nitrogen and oxygen atoms in total. The number of rotatable bonds is 2. The standard InChI is InChI=1S/C11H12O/c1-8(12)10-7-11(10)9-5-3-2-4-6-9/h2-6,10-11H,7H2,1H3/t10?,11-/m1/s1. The van der Waals surface area contributed by atoms with Gasteiger partial charge in [0.25, 0.3) is 0 Å². The van der Waals surface area contributed by atoms with Gasteiger partial charge in [-0.05, 0) is 24.8 Å². The van der Waals surface area contributed by atoms with E-state index in [9.17, 15) is 4.79 Å². The first-order valence-electron chi connectivity index (χ1n) is 4.34. The quantitative estimate of drug-likeness (QED) is 0.649. The lowest BCUT2D eigenvalue weighted by Gasteiger charge is -1.96. The number of Topliss-reactive ketones (excluding diaryl/α,β-unsaturated/α-hetero) is 1. The Morgan fingerprint density at radius 3 is 2.50 bits per heavy atom. The maximum absolute atomic E-state index is 11.0. The summed E-state index contributed by atoms with van der Waals surface area (Å²) in [4.78, 5) is 11.0. The average molecular weight is 160 g/mol. The fourth-order valence-corrected chi connectivity index (χ4v) is 1.71. The van der Waals surface area contributed by atoms with Gasteiger partial charge >= 0.3 is 0 Å². The topological polar surface area (TPSA) is 17.1 Å². The Morgan fingerprint density at radius 1 is 1.33 bits per heavy atom. The summed E-state index contributed by atoms with van der Waals surface area (Å²) in [5.74, 6) is 1.17. The van der Waals surface area contributed by atoms with Gasteiger partial charge in [-0.1, -0.05) is 30.3 Å². The summed E-state index contributed by atoms with van der Waals surface area (Å²) < 4.78 is 0. The number of benzene rings is 1. The van der Waals surface area contributed by atoms with E-state index in [1.807, 2.05) is 18.2 Å². The third kappa shape index (κ3) is 1.27. The SMILES string of the molecule is CC(=O)C1C[C@@H]1c1ccccc1. The summed E-state index contributed by atoms with van der Waals surface area (Å²) in [6.07, 6.45) is 1.05. The highest BCUT2D eigenvalue weighted by Crippen LogP contribution is 2.47. The Balaban J connectivity index is 2.11. The number of carbonyl (C=O) groups is 1. The summed E-state index contributed by atoms with van der Waals surface area (Å²) in [7, 11) is 0. The van der Waals surface area contributed by atoms with Crippen LogP contribution in [0.4, 0.5) is 0 Å². The molecule has 1 unspecified atom stereocenters. The van der Waals surface area contributed by atoms with Crippen LogP contribution < -0.4 is 0 Å². The van der Waals surface area contributed by atoms with Gasteiger partial charge in [0.05, 0.1) is 0 Å². The van der Waals surface area contributed by atoms with Gasteiger partial charge in [0.15, 0.2) is 0 Å². The van der Waals surface area contributed by atoms with E-state index in [-0.39, 0.29) is 0 Å². The van der Waals surface area contributed by atoms with Crippen LogP contribution in [-0.2, 0) is 4.79 Å². The highest BCUT2D eigenvalue weighted by Gasteiger charge is 2.41. The summed E-state index contributed by atoms with van der Waals surface area (Å²) in [5, 5.41) is 0. The van der Waals surface area contributed by atoms with E-state index in [4.69, 9.17) is 0 Å². The van der Waals surface area contributed by atoms with Crippen LogP contribution in [0, 0.1) is 5.92 Å². The molecule has 0 amide bonds. The van der Waals surface area contributed by atoms with Crippen LogP contribution in [0.5, 0.6) is 0 Å². The second-order valence-corrected chi connectivity index (χ2v) is 3.47. The van der Waals surface area contributed by atoms with Crippen LogP contribution in [0.1, 0.15) is 24.8 Å². The molecule has 62 valence electrons. The van der Waals surface area contributed by atoms with Crippen molar-refractivity contribution in [3.05, 3.63) is 35.9 Å². The van der Waals surface area contributed by atoms with Crippen LogP contribution in [0.25, 0.3) is 0 Å². The van der Waals surface area contributed by atoms with Crippen molar-refractivity contribution in [3.8, 4) is 0 Å². The van der Waals surface area contributed by atoms with Crippen molar-refractivity contribution in [2.75, 3.05) is 0 Å². The minimum absolute atomic E-state index is 0.312. The third-order valence-corrected chi connectivity index (χ3v) is 2.54. The van der Waals surface area contributed by atoms with E-state index in [0.29, 0.717) is 17.6 Å². The van der Waals surface area contributed by atoms with Gasteiger partial charge in [0, 0.05) is 5.92 Å². The Hall–Kier alpha value is -1.11. The Bertz CT molecular complexity index is 289. The molecule has 0 radical (unpaired) electrons. The van der Waals surface area contributed by atoms with Crippen LogP contribution in [-0.4, -0.2) is 5.78 Å². The molecule has 1 aromatic carbocycles. The molecule has 0 spiro atoms. The van der Waals surface area contributed by atoms with Gasteiger partial charge in [0.1, 0.15) is 5.78 Å². The lowest BCUT2D eigenvalue weighted by molar-refractivity contribution is -0.118. The molecule has 12 heavy (non-hydrogen) atoms. The first kappa shape index (κ1) is 7.53. The number of hydrogen-bond acceptors (Lipinski definition) is 1. The van der Waals surface area contributed by atoms with Crippen LogP contribution in [0.15, 0.2) is 30.3 Å². The first-order valence-corrected chi connectivity index (χ1v) is 4.34. The summed E-state index contributed by atoms with van der Waals surface area (Å²) in [5.41, 5.74) is 1.32. The molecule has 0 saturated heterocycles. The maximum Gasteiger partial charge on any atom is 0.133 e. The molecule has 0 bridgehead atoms. The highest BCUT2D eigenvalue weighted by molar-refractivity contribution is 5.82. The van der Waals surface area contributed by atoms with Crippen molar-refractivity contribution in [3.63, 3.8) is 0 Å². The van der Waals surface area contributed by atoms with E-state index in [0.717, 1.165) is 6.42 Å². The maximum atomic E-state index is 11.0. The van der Waals surface area contributed by atoms with Gasteiger partial charge in [-0.25, -0.2) is 0 Å². The smallest absolute Gasteiger partial charge is 0.133 e. The van der Waals surface area contributed by atoms with E-state index in [1.54, 1.807) is 6.92 Å². The van der Waals surface area contributed by atoms with Gasteiger partial charge in [-0.3, -0.25) is 4.79 Å². The van der Waals surface area contributed by atoms with Crippen LogP contribution in [0.2, 0.25) is 0 Å². The number of ketones is 1. The fraction of sp³-hybridized carbons (Fsp3) is 0.364. The van der Waals surface area contributed by atoms with Gasteiger partial charge in [0.2, 0.25) is 0 Å². The molecule has 0 N–H and O–H groups in total. The highest BCUT2D eigenvalue weighted by atomic mass is 16.1. The molecule has 2 atom stereocenters. The number of hydrogen-bond donors (Lipinski definition) is 0. The summed E-state index contributed by atoms with van der Waals surface area (Å²) in [6, 6.07) is 10.3. The van der Waals surface area contributed by atoms with Crippen molar-refractivity contribution < 1.29 is 4.79 Å². The van der Waals surface area contributed by atoms with Crippen molar-refractivity contribution in [1.82, 2.24) is 0 Å². The fourth-order valence-electron chi connectivity index (χ4n) is 1.71. The zero-order chi connectivity index (χ0) is 8.55. The lowest BCUT2D eigenvalue weighted by Crippen LogP contribution is -1.94. The van der Waals surface area contributed by atoms with E-state index in [1.165, 1.54) is 5.56 Å². The third-order valence-electron chi connectivity index (χ3n) is 2.54. The molecule has 0 heterocycles. The minimum Gasteiger partial charge on any atom is -0.300 e. The van der Waals surface area contributed by atoms with E-state index < -0.39 is 0 Å². The molecule has 1 fully saturated rings. The van der Waals surface area contributed by atoms with Gasteiger partial charge in [-0.15, -0.1) is 0 Å². The normalized spacial score (nSPS) is 26.8. The van der Waals surface area contributed by atoms with E-state index >= 15 is 0 Å². The predicted octanol–water partition coefficient (Wildman–Crippen LogP) is 2.38. The second-order valence-electron chi connectivity index (χ2n) is 3.47. The number of carbonyl (C=O) groups excluding carboxylic acids is 1. The second kappa shape index (κ2) is 2.74. The molecular formula is C11H12O. The zero-order valence-corrected chi connectivity index (χ0v) is 7.16. The molecule has 1 aliphatic rings. The monoisotopic (exact) mass is 160 g/mol.